The number of rotatable bonds is 9. The number of benzene rings is 1. The molecule has 1 aromatic heterocycles. The molecule has 2 aromatic rings. The van der Waals surface area contributed by atoms with Crippen LogP contribution in [0.4, 0.5) is 0 Å². The molecular formula is C24H32N6O5. The Morgan fingerprint density at radius 2 is 2.00 bits per heavy atom. The number of aromatic nitrogens is 3. The number of aliphatic hydroxyl groups is 1. The number of nitrogens with zero attached hydrogens (tertiary/aromatic N) is 4. The zero-order valence-electron chi connectivity index (χ0n) is 20.1. The fourth-order valence-electron chi connectivity index (χ4n) is 6.41. The van der Waals surface area contributed by atoms with Gasteiger partial charge in [0, 0.05) is 13.1 Å². The molecule has 11 nitrogen and oxygen atoms in total. The minimum atomic E-state index is -1.11. The molecule has 1 aromatic carbocycles. The quantitative estimate of drug-likeness (QED) is 0.461. The van der Waals surface area contributed by atoms with Crippen LogP contribution >= 0.6 is 0 Å². The zero-order chi connectivity index (χ0) is 24.8. The molecule has 1 spiro atoms. The van der Waals surface area contributed by atoms with Crippen LogP contribution < -0.4 is 10.6 Å². The Kier molecular flexibility index (Phi) is 6.00. The maximum atomic E-state index is 13.7. The molecule has 5 rings (SSSR count). The predicted molar refractivity (Wildman–Crippen MR) is 125 cm³/mol. The van der Waals surface area contributed by atoms with E-state index in [-0.39, 0.29) is 31.6 Å². The topological polar surface area (TPSA) is 139 Å². The molecular weight excluding hydrogens is 452 g/mol. The molecule has 5 atom stereocenters. The van der Waals surface area contributed by atoms with Crippen LogP contribution in [-0.2, 0) is 25.8 Å². The third kappa shape index (κ3) is 3.43. The van der Waals surface area contributed by atoms with Gasteiger partial charge in [0.15, 0.2) is 0 Å². The third-order valence-corrected chi connectivity index (χ3v) is 7.93. The number of para-hydroxylation sites is 1. The van der Waals surface area contributed by atoms with Crippen LogP contribution in [0.15, 0.2) is 24.3 Å². The van der Waals surface area contributed by atoms with Gasteiger partial charge in [0.25, 0.3) is 0 Å². The molecule has 0 aliphatic carbocycles. The number of carbonyl (C=O) groups is 3. The zero-order valence-corrected chi connectivity index (χ0v) is 20.1. The summed E-state index contributed by atoms with van der Waals surface area (Å²) in [5.74, 6) is -2.33. The molecule has 3 N–H and O–H groups in total. The Bertz CT molecular complexity index is 1150. The number of amides is 3. The molecule has 188 valence electrons. The first-order valence-electron chi connectivity index (χ1n) is 12.4. The van der Waals surface area contributed by atoms with Gasteiger partial charge < -0.3 is 25.4 Å². The van der Waals surface area contributed by atoms with Crippen molar-refractivity contribution in [3.63, 3.8) is 0 Å². The normalized spacial score (nSPS) is 31.2. The fraction of sp³-hybridized carbons (Fsp3) is 0.625. The van der Waals surface area contributed by atoms with Crippen LogP contribution in [0.1, 0.15) is 39.5 Å². The van der Waals surface area contributed by atoms with Gasteiger partial charge in [0.1, 0.15) is 23.8 Å². The van der Waals surface area contributed by atoms with Crippen LogP contribution in [0.2, 0.25) is 0 Å². The van der Waals surface area contributed by atoms with Crippen molar-refractivity contribution in [2.75, 3.05) is 19.7 Å². The molecule has 3 fully saturated rings. The van der Waals surface area contributed by atoms with Gasteiger partial charge >= 0.3 is 0 Å². The first-order valence-corrected chi connectivity index (χ1v) is 12.4. The SMILES string of the molecule is CCCNC(=O)[C@H]1[C@H]2C(=O)N(CCO)C(C(=O)NCn3nnc4ccccc43)C23CC[C@]1(CC)O3. The van der Waals surface area contributed by atoms with E-state index in [0.717, 1.165) is 11.9 Å². The summed E-state index contributed by atoms with van der Waals surface area (Å²) in [6.07, 6.45) is 2.45. The second-order valence-electron chi connectivity index (χ2n) is 9.66. The standard InChI is InChI=1S/C24H32N6O5/c1-3-11-25-20(32)17-18-22(34)29(12-13-31)19(24(18)10-9-23(17,4-2)35-24)21(33)26-14-30-16-8-6-5-7-15(16)27-28-30/h5-8,17-19,31H,3-4,9-14H2,1-2H3,(H,25,32)(H,26,33)/t17-,18+,19?,23+,24?/m1/s1. The lowest BCUT2D eigenvalue weighted by Gasteiger charge is -2.33. The van der Waals surface area contributed by atoms with Gasteiger partial charge in [0.05, 0.1) is 29.6 Å². The number of aliphatic hydroxyl groups excluding tert-OH is 1. The van der Waals surface area contributed by atoms with Crippen LogP contribution in [0, 0.1) is 11.8 Å². The molecule has 2 unspecified atom stereocenters. The van der Waals surface area contributed by atoms with E-state index in [9.17, 15) is 19.5 Å². The van der Waals surface area contributed by atoms with E-state index < -0.39 is 35.0 Å². The molecule has 2 bridgehead atoms. The predicted octanol–water partition coefficient (Wildman–Crippen LogP) is 0.178. The number of hydrogen-bond donors (Lipinski definition) is 3. The summed E-state index contributed by atoms with van der Waals surface area (Å²) in [5.41, 5.74) is -0.397. The minimum absolute atomic E-state index is 0.00674. The average molecular weight is 485 g/mol. The number of ether oxygens (including phenoxy) is 1. The van der Waals surface area contributed by atoms with Gasteiger partial charge in [-0.1, -0.05) is 31.2 Å². The monoisotopic (exact) mass is 484 g/mol. The second-order valence-corrected chi connectivity index (χ2v) is 9.66. The summed E-state index contributed by atoms with van der Waals surface area (Å²) >= 11 is 0. The number of hydrogen-bond acceptors (Lipinski definition) is 7. The Morgan fingerprint density at radius 3 is 2.74 bits per heavy atom. The highest BCUT2D eigenvalue weighted by atomic mass is 16.5. The Labute approximate surface area is 203 Å². The highest BCUT2D eigenvalue weighted by Gasteiger charge is 2.78. The van der Waals surface area contributed by atoms with Crippen LogP contribution in [0.5, 0.6) is 0 Å². The molecule has 35 heavy (non-hydrogen) atoms. The van der Waals surface area contributed by atoms with Gasteiger partial charge in [-0.2, -0.15) is 0 Å². The summed E-state index contributed by atoms with van der Waals surface area (Å²) in [5, 5.41) is 23.7. The number of β-amino-alcohol motifs (C(OH)–C–C–N with tert-alkyl or cyclic N) is 1. The molecule has 4 heterocycles. The fourth-order valence-corrected chi connectivity index (χ4v) is 6.41. The van der Waals surface area contributed by atoms with E-state index in [4.69, 9.17) is 4.74 Å². The van der Waals surface area contributed by atoms with E-state index in [2.05, 4.69) is 20.9 Å². The Hall–Kier alpha value is -3.05. The maximum absolute atomic E-state index is 13.7. The van der Waals surface area contributed by atoms with Crippen molar-refractivity contribution in [2.24, 2.45) is 11.8 Å². The van der Waals surface area contributed by atoms with E-state index in [1.54, 1.807) is 4.68 Å². The largest absolute Gasteiger partial charge is 0.395 e. The van der Waals surface area contributed by atoms with Crippen molar-refractivity contribution in [2.45, 2.75) is 63.4 Å². The highest BCUT2D eigenvalue weighted by Crippen LogP contribution is 2.64. The summed E-state index contributed by atoms with van der Waals surface area (Å²) < 4.78 is 8.20. The summed E-state index contributed by atoms with van der Waals surface area (Å²) in [6.45, 7) is 4.21. The molecule has 3 aliphatic rings. The third-order valence-electron chi connectivity index (χ3n) is 7.93. The second kappa shape index (κ2) is 8.87. The first kappa shape index (κ1) is 23.7. The molecule has 0 radical (unpaired) electrons. The minimum Gasteiger partial charge on any atom is -0.395 e. The average Bonchev–Trinajstić information content (AvgIpc) is 3.59. The first-order chi connectivity index (χ1) is 16.9. The van der Waals surface area contributed by atoms with Crippen molar-refractivity contribution < 1.29 is 24.2 Å². The summed E-state index contributed by atoms with van der Waals surface area (Å²) in [7, 11) is 0. The van der Waals surface area contributed by atoms with Gasteiger partial charge in [0.2, 0.25) is 17.7 Å². The van der Waals surface area contributed by atoms with Gasteiger partial charge in [-0.25, -0.2) is 4.68 Å². The summed E-state index contributed by atoms with van der Waals surface area (Å²) in [4.78, 5) is 42.0. The van der Waals surface area contributed by atoms with Crippen molar-refractivity contribution in [3.8, 4) is 0 Å². The van der Waals surface area contributed by atoms with Crippen molar-refractivity contribution in [1.82, 2.24) is 30.5 Å². The van der Waals surface area contributed by atoms with Crippen LogP contribution in [0.3, 0.4) is 0 Å². The van der Waals surface area contributed by atoms with Crippen LogP contribution in [-0.4, -0.2) is 79.7 Å². The van der Waals surface area contributed by atoms with Crippen molar-refractivity contribution in [1.29, 1.82) is 0 Å². The number of carbonyl (C=O) groups excluding carboxylic acids is 3. The van der Waals surface area contributed by atoms with E-state index >= 15 is 0 Å². The van der Waals surface area contributed by atoms with Crippen molar-refractivity contribution >= 4 is 28.8 Å². The van der Waals surface area contributed by atoms with Gasteiger partial charge in [-0.05, 0) is 37.8 Å². The van der Waals surface area contributed by atoms with Gasteiger partial charge in [-0.15, -0.1) is 5.10 Å². The van der Waals surface area contributed by atoms with E-state index in [1.807, 2.05) is 38.1 Å². The molecule has 3 saturated heterocycles. The summed E-state index contributed by atoms with van der Waals surface area (Å²) in [6, 6.07) is 6.48. The van der Waals surface area contributed by atoms with E-state index in [0.29, 0.717) is 31.3 Å². The maximum Gasteiger partial charge on any atom is 0.247 e. The molecule has 3 aliphatic heterocycles. The Balaban J connectivity index is 1.45. The molecule has 11 heteroatoms. The lowest BCUT2D eigenvalue weighted by atomic mass is 9.65. The number of fused-ring (bicyclic) bond motifs is 2. The lowest BCUT2D eigenvalue weighted by molar-refractivity contribution is -0.148. The van der Waals surface area contributed by atoms with Crippen LogP contribution in [0.25, 0.3) is 11.0 Å². The molecule has 3 amide bonds. The smallest absolute Gasteiger partial charge is 0.247 e. The highest BCUT2D eigenvalue weighted by molar-refractivity contribution is 5.99. The number of likely N-dealkylation sites (tertiary alicyclic amines) is 1. The lowest BCUT2D eigenvalue weighted by Crippen LogP contribution is -2.55. The molecule has 0 saturated carbocycles. The Morgan fingerprint density at radius 1 is 1.20 bits per heavy atom. The van der Waals surface area contributed by atoms with Crippen molar-refractivity contribution in [3.05, 3.63) is 24.3 Å². The number of nitrogens with one attached hydrogen (secondary N) is 2. The van der Waals surface area contributed by atoms with Gasteiger partial charge in [-0.3, -0.25) is 14.4 Å². The van der Waals surface area contributed by atoms with E-state index in [1.165, 1.54) is 4.90 Å².